The molecule has 5 heterocycles. The molecule has 0 bridgehead atoms. The minimum Gasteiger partial charge on any atom is -0.308 e. The summed E-state index contributed by atoms with van der Waals surface area (Å²) in [7, 11) is 0. The van der Waals surface area contributed by atoms with Gasteiger partial charge in [0.15, 0.2) is 0 Å². The second-order valence-electron chi connectivity index (χ2n) is 12.4. The van der Waals surface area contributed by atoms with Crippen LogP contribution in [0.5, 0.6) is 0 Å². The highest BCUT2D eigenvalue weighted by molar-refractivity contribution is 6.34. The molecule has 6 nitrogen and oxygen atoms in total. The molecule has 11 rings (SSSR count). The van der Waals surface area contributed by atoms with Gasteiger partial charge in [-0.05, 0) is 65.4 Å². The van der Waals surface area contributed by atoms with Crippen molar-refractivity contribution in [1.82, 2.24) is 23.9 Å². The molecule has 6 aromatic carbocycles. The van der Waals surface area contributed by atoms with Crippen LogP contribution in [0.2, 0.25) is 0 Å². The molecule has 0 aliphatic carbocycles. The standard InChI is InChI=1S/C42H22N6/c43-23-24-9-7-12-27(19-24)38-39-33(15-8-18-44-39)45-42(46-38)48-36-21-26-11-2-1-10-25(26)20-30(36)32-22-31-28-13-3-5-16-34(28)47-35-17-6-4-14-29(35)37(40(31)47)41(32)48/h1-22H. The normalized spacial score (nSPS) is 12.1. The highest BCUT2D eigenvalue weighted by Gasteiger charge is 2.26. The maximum absolute atomic E-state index is 9.73. The first-order chi connectivity index (χ1) is 23.8. The Morgan fingerprint density at radius 3 is 2.17 bits per heavy atom. The lowest BCUT2D eigenvalue weighted by atomic mass is 10.0. The third-order valence-corrected chi connectivity index (χ3v) is 9.87. The van der Waals surface area contributed by atoms with Crippen molar-refractivity contribution < 1.29 is 0 Å². The summed E-state index contributed by atoms with van der Waals surface area (Å²) >= 11 is 0. The van der Waals surface area contributed by atoms with Gasteiger partial charge in [0.25, 0.3) is 0 Å². The SMILES string of the molecule is N#Cc1cccc(-c2nc(-n3c4cc5ccccc5cc4c4cc5c6ccccc6n6c7ccccc7c(c43)c56)nc3cccnc23)c1. The van der Waals surface area contributed by atoms with Crippen molar-refractivity contribution in [3.63, 3.8) is 0 Å². The molecule has 0 atom stereocenters. The van der Waals surface area contributed by atoms with Gasteiger partial charge < -0.3 is 4.40 Å². The van der Waals surface area contributed by atoms with Gasteiger partial charge in [-0.1, -0.05) is 72.8 Å². The lowest BCUT2D eigenvalue weighted by Gasteiger charge is -2.12. The predicted molar refractivity (Wildman–Crippen MR) is 194 cm³/mol. The molecule has 0 fully saturated rings. The van der Waals surface area contributed by atoms with Crippen LogP contribution in [0.3, 0.4) is 0 Å². The number of hydrogen-bond donors (Lipinski definition) is 0. The van der Waals surface area contributed by atoms with Crippen LogP contribution in [0.4, 0.5) is 0 Å². The first kappa shape index (κ1) is 25.4. The van der Waals surface area contributed by atoms with E-state index in [0.29, 0.717) is 22.7 Å². The molecule has 0 N–H and O–H groups in total. The minimum absolute atomic E-state index is 0.561. The van der Waals surface area contributed by atoms with E-state index in [9.17, 15) is 5.26 Å². The fourth-order valence-corrected chi connectivity index (χ4v) is 7.89. The summed E-state index contributed by atoms with van der Waals surface area (Å²) in [6, 6.07) is 46.6. The molecule has 0 radical (unpaired) electrons. The van der Waals surface area contributed by atoms with Crippen molar-refractivity contribution in [3.05, 3.63) is 139 Å². The summed E-state index contributed by atoms with van der Waals surface area (Å²) in [6.07, 6.45) is 1.77. The third kappa shape index (κ3) is 3.22. The molecule has 0 saturated carbocycles. The molecule has 6 heteroatoms. The van der Waals surface area contributed by atoms with Gasteiger partial charge in [-0.2, -0.15) is 5.26 Å². The molecule has 220 valence electrons. The first-order valence-corrected chi connectivity index (χ1v) is 15.9. The van der Waals surface area contributed by atoms with Crippen LogP contribution < -0.4 is 0 Å². The summed E-state index contributed by atoms with van der Waals surface area (Å²) in [4.78, 5) is 15.2. The molecule has 0 aliphatic rings. The molecule has 0 aliphatic heterocycles. The van der Waals surface area contributed by atoms with Crippen LogP contribution in [0.1, 0.15) is 5.56 Å². The topological polar surface area (TPSA) is 71.8 Å². The molecule has 5 aromatic heterocycles. The molecule has 0 spiro atoms. The average Bonchev–Trinajstić information content (AvgIpc) is 3.77. The van der Waals surface area contributed by atoms with Crippen molar-refractivity contribution >= 4 is 81.7 Å². The van der Waals surface area contributed by atoms with Gasteiger partial charge in [0.1, 0.15) is 11.2 Å². The average molecular weight is 611 g/mol. The van der Waals surface area contributed by atoms with Gasteiger partial charge in [0, 0.05) is 44.1 Å². The maximum atomic E-state index is 9.73. The third-order valence-electron chi connectivity index (χ3n) is 9.87. The van der Waals surface area contributed by atoms with Crippen LogP contribution in [0.25, 0.3) is 98.9 Å². The predicted octanol–water partition coefficient (Wildman–Crippen LogP) is 9.96. The van der Waals surface area contributed by atoms with E-state index in [1.165, 1.54) is 43.5 Å². The van der Waals surface area contributed by atoms with E-state index in [2.05, 4.69) is 106 Å². The Bertz CT molecular complexity index is 3200. The molecule has 0 unspecified atom stereocenters. The van der Waals surface area contributed by atoms with Crippen molar-refractivity contribution in [2.45, 2.75) is 0 Å². The van der Waals surface area contributed by atoms with E-state index in [4.69, 9.17) is 15.0 Å². The Morgan fingerprint density at radius 2 is 1.31 bits per heavy atom. The highest BCUT2D eigenvalue weighted by Crippen LogP contribution is 2.46. The second kappa shape index (κ2) is 9.12. The van der Waals surface area contributed by atoms with Crippen LogP contribution in [-0.4, -0.2) is 23.9 Å². The van der Waals surface area contributed by atoms with E-state index in [1.54, 1.807) is 6.20 Å². The number of para-hydroxylation sites is 2. The largest absolute Gasteiger partial charge is 0.308 e. The number of nitrogens with zero attached hydrogens (tertiary/aromatic N) is 6. The Kier molecular flexibility index (Phi) is 4.82. The molecule has 0 saturated heterocycles. The van der Waals surface area contributed by atoms with E-state index in [0.717, 1.165) is 38.3 Å². The monoisotopic (exact) mass is 610 g/mol. The number of rotatable bonds is 2. The van der Waals surface area contributed by atoms with Gasteiger partial charge in [-0.25, -0.2) is 9.97 Å². The van der Waals surface area contributed by atoms with E-state index in [-0.39, 0.29) is 0 Å². The Morgan fingerprint density at radius 1 is 0.562 bits per heavy atom. The van der Waals surface area contributed by atoms with Gasteiger partial charge in [0.2, 0.25) is 5.95 Å². The summed E-state index contributed by atoms with van der Waals surface area (Å²) in [5, 5.41) is 19.2. The maximum Gasteiger partial charge on any atom is 0.235 e. The Balaban J connectivity index is 1.40. The summed E-state index contributed by atoms with van der Waals surface area (Å²) in [5.41, 5.74) is 9.19. The van der Waals surface area contributed by atoms with Crippen LogP contribution in [0.15, 0.2) is 134 Å². The van der Waals surface area contributed by atoms with Gasteiger partial charge in [-0.3, -0.25) is 9.55 Å². The molecular formula is C42H22N6. The molecular weight excluding hydrogens is 589 g/mol. The number of benzene rings is 6. The van der Waals surface area contributed by atoms with Crippen molar-refractivity contribution in [2.75, 3.05) is 0 Å². The number of nitriles is 1. The highest BCUT2D eigenvalue weighted by atomic mass is 15.2. The fourth-order valence-electron chi connectivity index (χ4n) is 7.89. The Labute approximate surface area is 272 Å². The van der Waals surface area contributed by atoms with Crippen molar-refractivity contribution in [1.29, 1.82) is 5.26 Å². The van der Waals surface area contributed by atoms with Gasteiger partial charge >= 0.3 is 0 Å². The molecule has 48 heavy (non-hydrogen) atoms. The smallest absolute Gasteiger partial charge is 0.235 e. The van der Waals surface area contributed by atoms with E-state index in [1.807, 2.05) is 36.4 Å². The van der Waals surface area contributed by atoms with Crippen LogP contribution in [0, 0.1) is 11.3 Å². The number of pyridine rings is 1. The summed E-state index contributed by atoms with van der Waals surface area (Å²) in [5.74, 6) is 0.561. The van der Waals surface area contributed by atoms with Crippen molar-refractivity contribution in [3.8, 4) is 23.3 Å². The quantitative estimate of drug-likeness (QED) is 0.195. The van der Waals surface area contributed by atoms with Gasteiger partial charge in [-0.15, -0.1) is 0 Å². The zero-order valence-electron chi connectivity index (χ0n) is 25.4. The van der Waals surface area contributed by atoms with Crippen LogP contribution in [-0.2, 0) is 0 Å². The second-order valence-corrected chi connectivity index (χ2v) is 12.4. The zero-order chi connectivity index (χ0) is 31.5. The summed E-state index contributed by atoms with van der Waals surface area (Å²) < 4.78 is 4.66. The zero-order valence-corrected chi connectivity index (χ0v) is 25.4. The van der Waals surface area contributed by atoms with Gasteiger partial charge in [0.05, 0.1) is 44.7 Å². The number of fused-ring (bicyclic) bond motifs is 12. The van der Waals surface area contributed by atoms with E-state index < -0.39 is 0 Å². The number of aromatic nitrogens is 5. The number of hydrogen-bond acceptors (Lipinski definition) is 4. The lowest BCUT2D eigenvalue weighted by Crippen LogP contribution is -2.04. The first-order valence-electron chi connectivity index (χ1n) is 15.9. The molecule has 0 amide bonds. The minimum atomic E-state index is 0.561. The fraction of sp³-hybridized carbons (Fsp3) is 0. The lowest BCUT2D eigenvalue weighted by molar-refractivity contribution is 1.01. The van der Waals surface area contributed by atoms with Crippen LogP contribution >= 0.6 is 0 Å². The van der Waals surface area contributed by atoms with Crippen molar-refractivity contribution in [2.24, 2.45) is 0 Å². The Hall–Kier alpha value is -6.84. The van der Waals surface area contributed by atoms with E-state index >= 15 is 0 Å². The summed E-state index contributed by atoms with van der Waals surface area (Å²) in [6.45, 7) is 0. The molecule has 11 aromatic rings.